The van der Waals surface area contributed by atoms with E-state index in [1.54, 1.807) is 4.68 Å². The van der Waals surface area contributed by atoms with Gasteiger partial charge in [0.15, 0.2) is 0 Å². The summed E-state index contributed by atoms with van der Waals surface area (Å²) in [7, 11) is 1.87. The van der Waals surface area contributed by atoms with Crippen molar-refractivity contribution >= 4 is 11.6 Å². The van der Waals surface area contributed by atoms with Gasteiger partial charge in [0.05, 0.1) is 18.0 Å². The topological polar surface area (TPSA) is 60.2 Å². The Labute approximate surface area is 159 Å². The van der Waals surface area contributed by atoms with Gasteiger partial charge in [0.2, 0.25) is 5.91 Å². The zero-order valence-electron chi connectivity index (χ0n) is 16.0. The van der Waals surface area contributed by atoms with Gasteiger partial charge in [-0.3, -0.25) is 9.48 Å². The molecule has 2 heterocycles. The lowest BCUT2D eigenvalue weighted by Gasteiger charge is -2.38. The molecular weight excluding hydrogens is 340 g/mol. The van der Waals surface area contributed by atoms with Crippen LogP contribution in [0.2, 0.25) is 0 Å². The Kier molecular flexibility index (Phi) is 3.95. The number of aromatic nitrogens is 3. The summed E-state index contributed by atoms with van der Waals surface area (Å²) in [5.41, 5.74) is 4.01. The van der Waals surface area contributed by atoms with Gasteiger partial charge in [-0.05, 0) is 64.0 Å². The van der Waals surface area contributed by atoms with Crippen molar-refractivity contribution < 1.29 is 9.53 Å². The maximum atomic E-state index is 13.0. The molecular formula is C21H26N4O2. The summed E-state index contributed by atoms with van der Waals surface area (Å²) in [6.45, 7) is 2.16. The van der Waals surface area contributed by atoms with Crippen molar-refractivity contribution in [3.05, 3.63) is 23.9 Å². The summed E-state index contributed by atoms with van der Waals surface area (Å²) in [6, 6.07) is 4.38. The highest BCUT2D eigenvalue weighted by Crippen LogP contribution is 2.45. The highest BCUT2D eigenvalue weighted by molar-refractivity contribution is 5.99. The van der Waals surface area contributed by atoms with Gasteiger partial charge < -0.3 is 9.64 Å². The van der Waals surface area contributed by atoms with Crippen LogP contribution in [0.1, 0.15) is 51.0 Å². The van der Waals surface area contributed by atoms with E-state index in [0.29, 0.717) is 0 Å². The van der Waals surface area contributed by atoms with E-state index in [1.807, 2.05) is 18.1 Å². The molecule has 1 aromatic heterocycles. The number of aryl methyl sites for hydroxylation is 1. The maximum Gasteiger partial charge on any atom is 0.230 e. The lowest BCUT2D eigenvalue weighted by molar-refractivity contribution is -0.120. The molecule has 2 aromatic rings. The Hall–Kier alpha value is -2.37. The molecule has 2 aliphatic carbocycles. The molecule has 0 bridgehead atoms. The third-order valence-electron chi connectivity index (χ3n) is 6.13. The summed E-state index contributed by atoms with van der Waals surface area (Å²) in [6.07, 6.45) is 9.59. The van der Waals surface area contributed by atoms with Crippen LogP contribution in [0.4, 0.5) is 5.69 Å². The first-order valence-corrected chi connectivity index (χ1v) is 10.1. The fourth-order valence-electron chi connectivity index (χ4n) is 4.13. The fraction of sp³-hybridized carbons (Fsp3) is 0.571. The summed E-state index contributed by atoms with van der Waals surface area (Å²) in [5, 5.41) is 8.40. The van der Waals surface area contributed by atoms with Gasteiger partial charge in [-0.15, -0.1) is 5.10 Å². The molecule has 0 radical (unpaired) electrons. The summed E-state index contributed by atoms with van der Waals surface area (Å²) < 4.78 is 8.18. The number of carbonyl (C=O) groups is 1. The summed E-state index contributed by atoms with van der Waals surface area (Å²) in [5.74, 6) is 1.41. The van der Waals surface area contributed by atoms with Crippen molar-refractivity contribution in [3.63, 3.8) is 0 Å². The Morgan fingerprint density at radius 1 is 1.19 bits per heavy atom. The molecule has 6 nitrogen and oxygen atoms in total. The number of nitrogens with zero attached hydrogens (tertiary/aromatic N) is 4. The first kappa shape index (κ1) is 16.8. The molecule has 2 fully saturated rings. The zero-order chi connectivity index (χ0) is 18.5. The Morgan fingerprint density at radius 3 is 2.63 bits per heavy atom. The van der Waals surface area contributed by atoms with E-state index in [9.17, 15) is 4.79 Å². The van der Waals surface area contributed by atoms with Crippen LogP contribution < -0.4 is 9.64 Å². The van der Waals surface area contributed by atoms with Gasteiger partial charge >= 0.3 is 0 Å². The number of hydrogen-bond donors (Lipinski definition) is 0. The minimum atomic E-state index is 0.217. The third-order valence-corrected chi connectivity index (χ3v) is 6.13. The molecule has 1 aliphatic heterocycles. The van der Waals surface area contributed by atoms with E-state index in [-0.39, 0.29) is 24.0 Å². The largest absolute Gasteiger partial charge is 0.489 e. The van der Waals surface area contributed by atoms with Crippen LogP contribution in [0.5, 0.6) is 5.75 Å². The normalized spacial score (nSPS) is 22.3. The Bertz CT molecular complexity index is 882. The third kappa shape index (κ3) is 2.91. The molecule has 1 atom stereocenters. The van der Waals surface area contributed by atoms with Gasteiger partial charge in [0, 0.05) is 30.1 Å². The molecule has 0 saturated heterocycles. The minimum Gasteiger partial charge on any atom is -0.489 e. The van der Waals surface area contributed by atoms with Crippen LogP contribution in [0.3, 0.4) is 0 Å². The molecule has 27 heavy (non-hydrogen) atoms. The number of rotatable bonds is 4. The van der Waals surface area contributed by atoms with E-state index in [4.69, 9.17) is 4.74 Å². The molecule has 1 amide bonds. The minimum absolute atomic E-state index is 0.217. The molecule has 142 valence electrons. The van der Waals surface area contributed by atoms with Gasteiger partial charge in [0.25, 0.3) is 0 Å². The van der Waals surface area contributed by atoms with Crippen molar-refractivity contribution in [1.82, 2.24) is 15.0 Å². The maximum absolute atomic E-state index is 13.0. The van der Waals surface area contributed by atoms with Crippen LogP contribution in [-0.2, 0) is 18.3 Å². The second-order valence-corrected chi connectivity index (χ2v) is 8.26. The Balaban J connectivity index is 1.61. The average Bonchev–Trinajstić information content (AvgIpc) is 3.38. The lowest BCUT2D eigenvalue weighted by atomic mass is 9.91. The number of ether oxygens (including phenoxy) is 1. The lowest BCUT2D eigenvalue weighted by Crippen LogP contribution is -2.43. The second kappa shape index (κ2) is 6.36. The van der Waals surface area contributed by atoms with Gasteiger partial charge in [0.1, 0.15) is 11.4 Å². The number of amides is 1. The zero-order valence-corrected chi connectivity index (χ0v) is 16.0. The molecule has 0 N–H and O–H groups in total. The van der Waals surface area contributed by atoms with Gasteiger partial charge in [-0.2, -0.15) is 0 Å². The molecule has 0 spiro atoms. The Morgan fingerprint density at radius 2 is 2.00 bits per heavy atom. The summed E-state index contributed by atoms with van der Waals surface area (Å²) in [4.78, 5) is 15.0. The van der Waals surface area contributed by atoms with Gasteiger partial charge in [-0.1, -0.05) is 5.21 Å². The molecule has 3 aliphatic rings. The predicted octanol–water partition coefficient (Wildman–Crippen LogP) is 3.49. The first-order valence-electron chi connectivity index (χ1n) is 10.1. The molecule has 6 heteroatoms. The van der Waals surface area contributed by atoms with Crippen LogP contribution in [0, 0.1) is 5.92 Å². The predicted molar refractivity (Wildman–Crippen MR) is 103 cm³/mol. The van der Waals surface area contributed by atoms with Crippen molar-refractivity contribution in [2.45, 2.75) is 64.0 Å². The quantitative estimate of drug-likeness (QED) is 0.831. The number of anilines is 1. The number of carbonyl (C=O) groups excluding carboxylic acids is 1. The molecule has 1 aromatic carbocycles. The fourth-order valence-corrected chi connectivity index (χ4v) is 4.13. The van der Waals surface area contributed by atoms with E-state index < -0.39 is 0 Å². The monoisotopic (exact) mass is 366 g/mol. The van der Waals surface area contributed by atoms with Crippen molar-refractivity contribution in [3.8, 4) is 17.0 Å². The van der Waals surface area contributed by atoms with Crippen LogP contribution in [-0.4, -0.2) is 33.0 Å². The van der Waals surface area contributed by atoms with Gasteiger partial charge in [-0.25, -0.2) is 0 Å². The SMILES string of the molecule is C[C@H]1CCc2c(ccc(-c3cn(C)nn3)c2OC2CCC2)N1C(=O)C1CC1. The first-order chi connectivity index (χ1) is 13.1. The van der Waals surface area contributed by atoms with Crippen LogP contribution in [0.25, 0.3) is 11.3 Å². The van der Waals surface area contributed by atoms with E-state index >= 15 is 0 Å². The average molecular weight is 366 g/mol. The molecule has 5 rings (SSSR count). The van der Waals surface area contributed by atoms with E-state index in [1.165, 1.54) is 6.42 Å². The molecule has 0 unspecified atom stereocenters. The van der Waals surface area contributed by atoms with Crippen molar-refractivity contribution in [1.29, 1.82) is 0 Å². The standard InChI is InChI=1S/C21H26N4O2/c1-13-6-9-17-19(25(13)21(26)14-7-8-14)11-10-16(18-12-24(2)23-22-18)20(17)27-15-4-3-5-15/h10-15H,3-9H2,1-2H3/t13-/m0/s1. The summed E-state index contributed by atoms with van der Waals surface area (Å²) >= 11 is 0. The van der Waals surface area contributed by atoms with Crippen LogP contribution in [0.15, 0.2) is 18.3 Å². The number of fused-ring (bicyclic) bond motifs is 1. The second-order valence-electron chi connectivity index (χ2n) is 8.26. The van der Waals surface area contributed by atoms with E-state index in [2.05, 4.69) is 29.4 Å². The van der Waals surface area contributed by atoms with Crippen molar-refractivity contribution in [2.75, 3.05) is 4.90 Å². The highest BCUT2D eigenvalue weighted by Gasteiger charge is 2.39. The number of benzene rings is 1. The highest BCUT2D eigenvalue weighted by atomic mass is 16.5. The molecule has 2 saturated carbocycles. The van der Waals surface area contributed by atoms with Crippen LogP contribution >= 0.6 is 0 Å². The smallest absolute Gasteiger partial charge is 0.230 e. The van der Waals surface area contributed by atoms with Crippen molar-refractivity contribution in [2.24, 2.45) is 13.0 Å². The van der Waals surface area contributed by atoms with E-state index in [0.717, 1.165) is 66.8 Å². The number of hydrogen-bond acceptors (Lipinski definition) is 4.